The van der Waals surface area contributed by atoms with Crippen molar-refractivity contribution in [1.82, 2.24) is 5.32 Å². The third-order valence-corrected chi connectivity index (χ3v) is 4.54. The summed E-state index contributed by atoms with van der Waals surface area (Å²) in [6.07, 6.45) is 1.99. The van der Waals surface area contributed by atoms with Gasteiger partial charge in [-0.2, -0.15) is 0 Å². The molecule has 1 heterocycles. The number of anilines is 1. The van der Waals surface area contributed by atoms with Crippen molar-refractivity contribution < 1.29 is 14.6 Å². The van der Waals surface area contributed by atoms with Crippen LogP contribution in [-0.4, -0.2) is 37.0 Å². The normalized spacial score (nSPS) is 17.3. The first-order chi connectivity index (χ1) is 11.4. The minimum Gasteiger partial charge on any atom is -0.393 e. The summed E-state index contributed by atoms with van der Waals surface area (Å²) in [5.41, 5.74) is 2.10. The maximum atomic E-state index is 11.9. The van der Waals surface area contributed by atoms with E-state index in [0.29, 0.717) is 13.0 Å². The van der Waals surface area contributed by atoms with E-state index in [-0.39, 0.29) is 23.5 Å². The first-order valence-corrected chi connectivity index (χ1v) is 8.77. The Hall–Kier alpha value is -1.59. The van der Waals surface area contributed by atoms with E-state index in [4.69, 9.17) is 4.74 Å². The quantitative estimate of drug-likeness (QED) is 0.774. The van der Waals surface area contributed by atoms with Crippen molar-refractivity contribution in [2.75, 3.05) is 25.1 Å². The Kier molecular flexibility index (Phi) is 6.63. The molecule has 1 saturated heterocycles. The van der Waals surface area contributed by atoms with Gasteiger partial charge in [-0.05, 0) is 48.3 Å². The molecule has 134 valence electrons. The molecule has 3 N–H and O–H groups in total. The van der Waals surface area contributed by atoms with Crippen LogP contribution in [0.2, 0.25) is 0 Å². The van der Waals surface area contributed by atoms with Crippen LogP contribution in [0, 0.1) is 5.92 Å². The van der Waals surface area contributed by atoms with Crippen LogP contribution in [0.25, 0.3) is 0 Å². The Balaban J connectivity index is 1.71. The predicted octanol–water partition coefficient (Wildman–Crippen LogP) is 3.28. The molecule has 5 nitrogen and oxygen atoms in total. The van der Waals surface area contributed by atoms with E-state index in [9.17, 15) is 9.90 Å². The lowest BCUT2D eigenvalue weighted by atomic mass is 9.87. The molecule has 0 radical (unpaired) electrons. The van der Waals surface area contributed by atoms with Gasteiger partial charge in [0.25, 0.3) is 0 Å². The number of hydrogen-bond donors (Lipinski definition) is 3. The summed E-state index contributed by atoms with van der Waals surface area (Å²) in [4.78, 5) is 11.9. The first kappa shape index (κ1) is 18.7. The number of nitrogens with one attached hydrogen (secondary N) is 2. The van der Waals surface area contributed by atoms with Crippen LogP contribution >= 0.6 is 0 Å². The monoisotopic (exact) mass is 334 g/mol. The molecule has 0 saturated carbocycles. The predicted molar refractivity (Wildman–Crippen MR) is 96.3 cm³/mol. The fourth-order valence-corrected chi connectivity index (χ4v) is 2.90. The van der Waals surface area contributed by atoms with Gasteiger partial charge in [-0.25, -0.2) is 4.79 Å². The van der Waals surface area contributed by atoms with Gasteiger partial charge < -0.3 is 20.5 Å². The van der Waals surface area contributed by atoms with E-state index in [0.717, 1.165) is 31.7 Å². The Morgan fingerprint density at radius 1 is 1.25 bits per heavy atom. The van der Waals surface area contributed by atoms with Crippen molar-refractivity contribution in [3.8, 4) is 0 Å². The van der Waals surface area contributed by atoms with E-state index in [1.165, 1.54) is 5.56 Å². The van der Waals surface area contributed by atoms with Crippen LogP contribution in [0.15, 0.2) is 24.3 Å². The summed E-state index contributed by atoms with van der Waals surface area (Å²) >= 11 is 0. The SMILES string of the molecule is CC(C)(C)c1ccc(NC(=O)NCC[C@@H](O)C2CCOCC2)cc1. The molecule has 2 amide bonds. The minimum atomic E-state index is -0.375. The summed E-state index contributed by atoms with van der Waals surface area (Å²) in [5.74, 6) is 0.286. The Labute approximate surface area is 144 Å². The molecule has 0 bridgehead atoms. The molecule has 24 heavy (non-hydrogen) atoms. The molecular weight excluding hydrogens is 304 g/mol. The zero-order valence-corrected chi connectivity index (χ0v) is 15.0. The number of rotatable bonds is 5. The van der Waals surface area contributed by atoms with Crippen molar-refractivity contribution in [2.45, 2.75) is 51.6 Å². The van der Waals surface area contributed by atoms with Crippen LogP contribution in [-0.2, 0) is 10.2 Å². The fraction of sp³-hybridized carbons (Fsp3) is 0.632. The third kappa shape index (κ3) is 5.80. The molecular formula is C19H30N2O3. The van der Waals surface area contributed by atoms with Crippen molar-refractivity contribution in [2.24, 2.45) is 5.92 Å². The number of aliphatic hydroxyl groups is 1. The molecule has 1 aromatic rings. The third-order valence-electron chi connectivity index (χ3n) is 4.54. The van der Waals surface area contributed by atoms with Gasteiger partial charge in [0.05, 0.1) is 6.10 Å². The van der Waals surface area contributed by atoms with E-state index in [1.807, 2.05) is 24.3 Å². The van der Waals surface area contributed by atoms with Gasteiger partial charge in [0.1, 0.15) is 0 Å². The first-order valence-electron chi connectivity index (χ1n) is 8.77. The highest BCUT2D eigenvalue weighted by atomic mass is 16.5. The second-order valence-corrected chi connectivity index (χ2v) is 7.51. The van der Waals surface area contributed by atoms with E-state index < -0.39 is 0 Å². The van der Waals surface area contributed by atoms with Crippen LogP contribution < -0.4 is 10.6 Å². The lowest BCUT2D eigenvalue weighted by molar-refractivity contribution is 0.00549. The van der Waals surface area contributed by atoms with Gasteiger partial charge in [-0.3, -0.25) is 0 Å². The molecule has 0 spiro atoms. The maximum absolute atomic E-state index is 11.9. The topological polar surface area (TPSA) is 70.6 Å². The zero-order valence-electron chi connectivity index (χ0n) is 15.0. The zero-order chi connectivity index (χ0) is 17.6. The largest absolute Gasteiger partial charge is 0.393 e. The molecule has 1 aromatic carbocycles. The number of carbonyl (C=O) groups excluding carboxylic acids is 1. The van der Waals surface area contributed by atoms with Crippen LogP contribution in [0.4, 0.5) is 10.5 Å². The highest BCUT2D eigenvalue weighted by Crippen LogP contribution is 2.23. The van der Waals surface area contributed by atoms with Crippen molar-refractivity contribution in [3.63, 3.8) is 0 Å². The van der Waals surface area contributed by atoms with Gasteiger partial charge in [-0.1, -0.05) is 32.9 Å². The lowest BCUT2D eigenvalue weighted by Crippen LogP contribution is -2.34. The van der Waals surface area contributed by atoms with Gasteiger partial charge in [0.15, 0.2) is 0 Å². The molecule has 1 fully saturated rings. The minimum absolute atomic E-state index is 0.0983. The van der Waals surface area contributed by atoms with Gasteiger partial charge in [-0.15, -0.1) is 0 Å². The van der Waals surface area contributed by atoms with Crippen molar-refractivity contribution in [1.29, 1.82) is 0 Å². The number of carbonyl (C=O) groups is 1. The second-order valence-electron chi connectivity index (χ2n) is 7.51. The second kappa shape index (κ2) is 8.49. The van der Waals surface area contributed by atoms with Crippen molar-refractivity contribution >= 4 is 11.7 Å². The van der Waals surface area contributed by atoms with Crippen LogP contribution in [0.3, 0.4) is 0 Å². The highest BCUT2D eigenvalue weighted by molar-refractivity contribution is 5.89. The number of hydrogen-bond acceptors (Lipinski definition) is 3. The van der Waals surface area contributed by atoms with E-state index in [1.54, 1.807) is 0 Å². The van der Waals surface area contributed by atoms with Gasteiger partial charge in [0.2, 0.25) is 0 Å². The summed E-state index contributed by atoms with van der Waals surface area (Å²) < 4.78 is 5.30. The summed E-state index contributed by atoms with van der Waals surface area (Å²) in [6.45, 7) is 8.38. The number of aliphatic hydroxyl groups excluding tert-OH is 1. The molecule has 0 unspecified atom stereocenters. The molecule has 0 aliphatic carbocycles. The number of ether oxygens (including phenoxy) is 1. The lowest BCUT2D eigenvalue weighted by Gasteiger charge is -2.26. The average Bonchev–Trinajstić information content (AvgIpc) is 2.55. The van der Waals surface area contributed by atoms with Gasteiger partial charge in [0, 0.05) is 25.4 Å². The Morgan fingerprint density at radius 3 is 2.46 bits per heavy atom. The summed E-state index contributed by atoms with van der Waals surface area (Å²) in [5, 5.41) is 15.8. The fourth-order valence-electron chi connectivity index (χ4n) is 2.90. The number of benzene rings is 1. The Bertz CT molecular complexity index is 516. The van der Waals surface area contributed by atoms with Gasteiger partial charge >= 0.3 is 6.03 Å². The molecule has 5 heteroatoms. The summed E-state index contributed by atoms with van der Waals surface area (Å²) in [6, 6.07) is 7.65. The van der Waals surface area contributed by atoms with Crippen LogP contribution in [0.1, 0.15) is 45.6 Å². The van der Waals surface area contributed by atoms with E-state index >= 15 is 0 Å². The molecule has 0 aromatic heterocycles. The summed E-state index contributed by atoms with van der Waals surface area (Å²) in [7, 11) is 0. The van der Waals surface area contributed by atoms with Crippen molar-refractivity contribution in [3.05, 3.63) is 29.8 Å². The highest BCUT2D eigenvalue weighted by Gasteiger charge is 2.21. The van der Waals surface area contributed by atoms with E-state index in [2.05, 4.69) is 31.4 Å². The smallest absolute Gasteiger partial charge is 0.319 e. The molecule has 2 rings (SSSR count). The Morgan fingerprint density at radius 2 is 1.88 bits per heavy atom. The molecule has 1 aliphatic rings. The molecule has 1 aliphatic heterocycles. The molecule has 1 atom stereocenters. The average molecular weight is 334 g/mol. The maximum Gasteiger partial charge on any atom is 0.319 e. The number of urea groups is 1. The standard InChI is InChI=1S/C19H30N2O3/c1-19(2,3)15-4-6-16(7-5-15)21-18(23)20-11-8-17(22)14-9-12-24-13-10-14/h4-7,14,17,22H,8-13H2,1-3H3,(H2,20,21,23)/t17-/m1/s1. The number of amides is 2. The van der Waals surface area contributed by atoms with Crippen LogP contribution in [0.5, 0.6) is 0 Å².